The van der Waals surface area contributed by atoms with Crippen molar-refractivity contribution in [2.45, 2.75) is 45.3 Å². The van der Waals surface area contributed by atoms with Gasteiger partial charge >= 0.3 is 0 Å². The summed E-state index contributed by atoms with van der Waals surface area (Å²) in [5.74, 6) is -0.253. The molecule has 1 atom stereocenters. The zero-order valence-electron chi connectivity index (χ0n) is 11.0. The molecule has 0 radical (unpaired) electrons. The molecule has 0 amide bonds. The predicted molar refractivity (Wildman–Crippen MR) is 66.4 cm³/mol. The van der Waals surface area contributed by atoms with Crippen LogP contribution in [0.3, 0.4) is 0 Å². The number of aryl methyl sites for hydroxylation is 1. The quantitative estimate of drug-likeness (QED) is 0.855. The number of methoxy groups -OCH3 is 1. The van der Waals surface area contributed by atoms with Crippen LogP contribution in [0.5, 0.6) is 0 Å². The first kappa shape index (κ1) is 14.1. The number of aliphatic hydroxyl groups is 1. The Balaban J connectivity index is 3.09. The van der Waals surface area contributed by atoms with Crippen LogP contribution in [-0.2, 0) is 4.74 Å². The Labute approximate surface area is 102 Å². The molecule has 0 aliphatic rings. The van der Waals surface area contributed by atoms with E-state index in [1.807, 2.05) is 13.8 Å². The summed E-state index contributed by atoms with van der Waals surface area (Å²) in [6.07, 6.45) is 0.677. The van der Waals surface area contributed by atoms with Crippen LogP contribution in [0.15, 0.2) is 18.2 Å². The number of aliphatic hydroxyl groups excluding tert-OH is 1. The Morgan fingerprint density at radius 2 is 1.94 bits per heavy atom. The monoisotopic (exact) mass is 240 g/mol. The van der Waals surface area contributed by atoms with E-state index in [9.17, 15) is 9.50 Å². The summed E-state index contributed by atoms with van der Waals surface area (Å²) < 4.78 is 18.7. The normalized spacial score (nSPS) is 13.8. The first-order valence-electron chi connectivity index (χ1n) is 6.00. The van der Waals surface area contributed by atoms with Crippen molar-refractivity contribution in [3.8, 4) is 0 Å². The second kappa shape index (κ2) is 5.61. The average molecular weight is 240 g/mol. The molecule has 0 saturated heterocycles. The van der Waals surface area contributed by atoms with Crippen molar-refractivity contribution < 1.29 is 14.2 Å². The molecule has 0 spiro atoms. The minimum atomic E-state index is -0.734. The van der Waals surface area contributed by atoms with Crippen LogP contribution in [0.2, 0.25) is 0 Å². The molecule has 1 N–H and O–H groups in total. The molecule has 1 unspecified atom stereocenters. The number of benzene rings is 1. The lowest BCUT2D eigenvalue weighted by atomic mass is 9.85. The molecule has 0 bridgehead atoms. The highest BCUT2D eigenvalue weighted by molar-refractivity contribution is 5.27. The minimum absolute atomic E-state index is 0.253. The summed E-state index contributed by atoms with van der Waals surface area (Å²) in [5.41, 5.74) is 0.651. The van der Waals surface area contributed by atoms with Gasteiger partial charge in [0.1, 0.15) is 11.9 Å². The summed E-state index contributed by atoms with van der Waals surface area (Å²) in [7, 11) is 1.60. The van der Waals surface area contributed by atoms with E-state index >= 15 is 0 Å². The zero-order chi connectivity index (χ0) is 13.1. The molecule has 0 fully saturated rings. The fourth-order valence-electron chi connectivity index (χ4n) is 2.18. The van der Waals surface area contributed by atoms with E-state index in [1.165, 1.54) is 6.07 Å². The number of ether oxygens (including phenoxy) is 1. The molecule has 2 nitrogen and oxygen atoms in total. The lowest BCUT2D eigenvalue weighted by Crippen LogP contribution is -2.37. The number of hydrogen-bond acceptors (Lipinski definition) is 2. The fraction of sp³-hybridized carbons (Fsp3) is 0.571. The molecule has 0 saturated carbocycles. The molecule has 3 heteroatoms. The van der Waals surface area contributed by atoms with Gasteiger partial charge in [-0.15, -0.1) is 0 Å². The Morgan fingerprint density at radius 3 is 2.35 bits per heavy atom. The summed E-state index contributed by atoms with van der Waals surface area (Å²) in [5, 5.41) is 10.4. The van der Waals surface area contributed by atoms with Gasteiger partial charge in [0.05, 0.1) is 5.60 Å². The van der Waals surface area contributed by atoms with Crippen molar-refractivity contribution in [1.29, 1.82) is 0 Å². The van der Waals surface area contributed by atoms with Crippen molar-refractivity contribution in [3.05, 3.63) is 35.1 Å². The van der Waals surface area contributed by atoms with Gasteiger partial charge in [0.2, 0.25) is 0 Å². The molecule has 0 aliphatic carbocycles. The molecule has 0 aromatic heterocycles. The van der Waals surface area contributed by atoms with Gasteiger partial charge in [0, 0.05) is 7.11 Å². The average Bonchev–Trinajstić information content (AvgIpc) is 2.35. The van der Waals surface area contributed by atoms with Crippen molar-refractivity contribution in [1.82, 2.24) is 0 Å². The van der Waals surface area contributed by atoms with Gasteiger partial charge in [-0.3, -0.25) is 0 Å². The van der Waals surface area contributed by atoms with Crippen LogP contribution in [0, 0.1) is 12.7 Å². The third-order valence-corrected chi connectivity index (χ3v) is 3.60. The van der Waals surface area contributed by atoms with Crippen LogP contribution in [0.25, 0.3) is 0 Å². The van der Waals surface area contributed by atoms with Gasteiger partial charge in [-0.25, -0.2) is 4.39 Å². The highest BCUT2D eigenvalue weighted by Gasteiger charge is 2.35. The van der Waals surface area contributed by atoms with E-state index in [0.29, 0.717) is 24.0 Å². The maximum absolute atomic E-state index is 13.2. The van der Waals surface area contributed by atoms with E-state index in [4.69, 9.17) is 4.74 Å². The van der Waals surface area contributed by atoms with Gasteiger partial charge in [-0.2, -0.15) is 0 Å². The van der Waals surface area contributed by atoms with Crippen molar-refractivity contribution in [2.24, 2.45) is 0 Å². The molecule has 0 heterocycles. The van der Waals surface area contributed by atoms with Crippen LogP contribution in [-0.4, -0.2) is 17.8 Å². The van der Waals surface area contributed by atoms with E-state index in [1.54, 1.807) is 26.2 Å². The molecule has 96 valence electrons. The first-order valence-corrected chi connectivity index (χ1v) is 6.00. The van der Waals surface area contributed by atoms with Gasteiger partial charge in [0.25, 0.3) is 0 Å². The lowest BCUT2D eigenvalue weighted by molar-refractivity contribution is -0.109. The Kier molecular flexibility index (Phi) is 4.66. The minimum Gasteiger partial charge on any atom is -0.385 e. The van der Waals surface area contributed by atoms with Crippen molar-refractivity contribution in [3.63, 3.8) is 0 Å². The molecule has 0 aliphatic heterocycles. The van der Waals surface area contributed by atoms with Crippen LogP contribution in [0.4, 0.5) is 4.39 Å². The van der Waals surface area contributed by atoms with Crippen molar-refractivity contribution in [2.75, 3.05) is 7.11 Å². The SMILES string of the molecule is CCC(CC)(OC)C(O)c1ccc(F)c(C)c1. The number of hydrogen-bond donors (Lipinski definition) is 1. The first-order chi connectivity index (χ1) is 8.00. The maximum Gasteiger partial charge on any atom is 0.126 e. The number of rotatable bonds is 5. The third kappa shape index (κ3) is 2.67. The van der Waals surface area contributed by atoms with Crippen LogP contribution in [0.1, 0.15) is 43.9 Å². The van der Waals surface area contributed by atoms with Crippen LogP contribution < -0.4 is 0 Å². The topological polar surface area (TPSA) is 29.5 Å². The standard InChI is InChI=1S/C14H21FO2/c1-5-14(6-2,17-4)13(16)11-7-8-12(15)10(3)9-11/h7-9,13,16H,5-6H2,1-4H3. The molecular weight excluding hydrogens is 219 g/mol. The third-order valence-electron chi connectivity index (χ3n) is 3.60. The summed E-state index contributed by atoms with van der Waals surface area (Å²) in [6.45, 7) is 5.65. The molecule has 1 aromatic carbocycles. The fourth-order valence-corrected chi connectivity index (χ4v) is 2.18. The van der Waals surface area contributed by atoms with E-state index in [-0.39, 0.29) is 5.82 Å². The second-order valence-corrected chi connectivity index (χ2v) is 4.39. The molecule has 1 rings (SSSR count). The predicted octanol–water partition coefficient (Wildman–Crippen LogP) is 3.37. The largest absolute Gasteiger partial charge is 0.385 e. The number of halogens is 1. The molecular formula is C14H21FO2. The van der Waals surface area contributed by atoms with E-state index in [0.717, 1.165) is 0 Å². The lowest BCUT2D eigenvalue weighted by Gasteiger charge is -2.35. The molecule has 17 heavy (non-hydrogen) atoms. The molecule has 1 aromatic rings. The zero-order valence-corrected chi connectivity index (χ0v) is 11.0. The maximum atomic E-state index is 13.2. The summed E-state index contributed by atoms with van der Waals surface area (Å²) in [4.78, 5) is 0. The van der Waals surface area contributed by atoms with Gasteiger partial charge in [-0.1, -0.05) is 26.0 Å². The smallest absolute Gasteiger partial charge is 0.126 e. The summed E-state index contributed by atoms with van der Waals surface area (Å²) >= 11 is 0. The van der Waals surface area contributed by atoms with Gasteiger partial charge < -0.3 is 9.84 Å². The second-order valence-electron chi connectivity index (χ2n) is 4.39. The summed E-state index contributed by atoms with van der Waals surface area (Å²) in [6, 6.07) is 4.69. The van der Waals surface area contributed by atoms with Crippen molar-refractivity contribution >= 4 is 0 Å². The Bertz CT molecular complexity index is 364. The van der Waals surface area contributed by atoms with Gasteiger partial charge in [0.15, 0.2) is 0 Å². The Morgan fingerprint density at radius 1 is 1.35 bits per heavy atom. The highest BCUT2D eigenvalue weighted by Crippen LogP contribution is 2.35. The van der Waals surface area contributed by atoms with Gasteiger partial charge in [-0.05, 0) is 37.0 Å². The van der Waals surface area contributed by atoms with Crippen LogP contribution >= 0.6 is 0 Å². The van der Waals surface area contributed by atoms with E-state index in [2.05, 4.69) is 0 Å². The van der Waals surface area contributed by atoms with E-state index < -0.39 is 11.7 Å². The highest BCUT2D eigenvalue weighted by atomic mass is 19.1. The Hall–Kier alpha value is -0.930.